The van der Waals surface area contributed by atoms with Crippen LogP contribution in [0.5, 0.6) is 0 Å². The van der Waals surface area contributed by atoms with Crippen LogP contribution in [0.2, 0.25) is 3.67 Å². The van der Waals surface area contributed by atoms with Crippen molar-refractivity contribution >= 4 is 38.3 Å². The van der Waals surface area contributed by atoms with Crippen LogP contribution in [-0.4, -0.2) is 47.5 Å². The molecule has 0 aromatic heterocycles. The van der Waals surface area contributed by atoms with E-state index in [0.29, 0.717) is 6.42 Å². The summed E-state index contributed by atoms with van der Waals surface area (Å²) in [5.74, 6) is 0. The van der Waals surface area contributed by atoms with E-state index in [0.717, 1.165) is 12.8 Å². The standard InChI is InChI=1S/C5H12O4S.C3H5.Na/c1-2-3-4-5-9-10(6,7)8;1-3-2;/h2-5H2,1H3,(H,6,7,8);3H,1-2H2;. The largest absolute Gasteiger partial charge is 0.397 e. The molecular weight excluding hydrogens is 215 g/mol. The van der Waals surface area contributed by atoms with Crippen molar-refractivity contribution in [1.29, 1.82) is 0 Å². The van der Waals surface area contributed by atoms with Gasteiger partial charge in [-0.3, -0.25) is 4.55 Å². The third-order valence-electron chi connectivity index (χ3n) is 1.27. The minimum atomic E-state index is -4.20. The van der Waals surface area contributed by atoms with E-state index in [9.17, 15) is 8.42 Å². The molecule has 0 rings (SSSR count). The van der Waals surface area contributed by atoms with Gasteiger partial charge in [-0.05, 0) is 6.42 Å². The average Bonchev–Trinajstić information content (AvgIpc) is 2.11. The summed E-state index contributed by atoms with van der Waals surface area (Å²) in [5, 5.41) is 0. The van der Waals surface area contributed by atoms with E-state index in [1.807, 2.05) is 13.0 Å². The summed E-state index contributed by atoms with van der Waals surface area (Å²) in [7, 11) is -4.20. The van der Waals surface area contributed by atoms with Gasteiger partial charge in [-0.2, -0.15) is 8.42 Å². The van der Waals surface area contributed by atoms with Gasteiger partial charge in [-0.25, -0.2) is 4.18 Å². The molecule has 4 nitrogen and oxygen atoms in total. The molecule has 80 valence electrons. The van der Waals surface area contributed by atoms with Gasteiger partial charge < -0.3 is 0 Å². The number of unbranched alkanes of at least 4 members (excludes halogenated alkanes) is 2. The molecule has 0 radical (unpaired) electrons. The second-order valence-electron chi connectivity index (χ2n) is 2.65. The Bertz CT molecular complexity index is 213. The first-order valence-corrected chi connectivity index (χ1v) is 7.48. The maximum absolute atomic E-state index is 9.93. The van der Waals surface area contributed by atoms with E-state index in [1.165, 1.54) is 31.6 Å². The van der Waals surface area contributed by atoms with Crippen molar-refractivity contribution in [3.8, 4) is 0 Å². The van der Waals surface area contributed by atoms with Gasteiger partial charge in [0.05, 0.1) is 6.61 Å². The summed E-state index contributed by atoms with van der Waals surface area (Å²) in [5.41, 5.74) is 0. The second-order valence-corrected chi connectivity index (χ2v) is 4.56. The number of hydrogen-bond donors (Lipinski definition) is 1. The maximum Gasteiger partial charge on any atom is 0.397 e. The molecular formula is C8H17NaO4S. The van der Waals surface area contributed by atoms with Crippen LogP contribution in [0, 0.1) is 0 Å². The average molecular weight is 232 g/mol. The molecule has 0 unspecified atom stereocenters. The summed E-state index contributed by atoms with van der Waals surface area (Å²) < 4.78 is 33.2. The van der Waals surface area contributed by atoms with Crippen LogP contribution in [0.3, 0.4) is 0 Å². The van der Waals surface area contributed by atoms with E-state index >= 15 is 0 Å². The fraction of sp³-hybridized carbons (Fsp3) is 0.750. The zero-order valence-corrected chi connectivity index (χ0v) is 11.7. The molecule has 0 aliphatic carbocycles. The van der Waals surface area contributed by atoms with Crippen LogP contribution in [0.4, 0.5) is 0 Å². The summed E-state index contributed by atoms with van der Waals surface area (Å²) in [6.07, 6.45) is 4.51. The minimum absolute atomic E-state index is 0.0761. The number of hydrogen-bond acceptors (Lipinski definition) is 3. The van der Waals surface area contributed by atoms with Crippen molar-refractivity contribution in [3.05, 3.63) is 12.7 Å². The van der Waals surface area contributed by atoms with Gasteiger partial charge >= 0.3 is 54.7 Å². The van der Waals surface area contributed by atoms with E-state index in [4.69, 9.17) is 4.55 Å². The van der Waals surface area contributed by atoms with Crippen molar-refractivity contribution in [3.63, 3.8) is 0 Å². The summed E-state index contributed by atoms with van der Waals surface area (Å²) in [4.78, 5) is 0. The Morgan fingerprint density at radius 2 is 2.00 bits per heavy atom. The summed E-state index contributed by atoms with van der Waals surface area (Å²) in [6, 6.07) is 0. The molecule has 6 heteroatoms. The van der Waals surface area contributed by atoms with Crippen molar-refractivity contribution in [1.82, 2.24) is 0 Å². The Labute approximate surface area is 104 Å². The molecule has 14 heavy (non-hydrogen) atoms. The summed E-state index contributed by atoms with van der Waals surface area (Å²) in [6.45, 7) is 5.58. The van der Waals surface area contributed by atoms with Gasteiger partial charge in [-0.15, -0.1) is 0 Å². The Morgan fingerprint density at radius 3 is 2.29 bits per heavy atom. The van der Waals surface area contributed by atoms with E-state index in [1.54, 1.807) is 0 Å². The van der Waals surface area contributed by atoms with E-state index in [-0.39, 0.29) is 6.61 Å². The van der Waals surface area contributed by atoms with Gasteiger partial charge in [0.25, 0.3) is 0 Å². The zero-order chi connectivity index (χ0) is 11.4. The molecule has 0 bridgehead atoms. The normalized spacial score (nSPS) is 10.3. The van der Waals surface area contributed by atoms with E-state index < -0.39 is 10.4 Å². The van der Waals surface area contributed by atoms with Crippen LogP contribution in [0.1, 0.15) is 26.2 Å². The second kappa shape index (κ2) is 11.7. The van der Waals surface area contributed by atoms with Crippen molar-refractivity contribution in [2.75, 3.05) is 6.61 Å². The van der Waals surface area contributed by atoms with Crippen LogP contribution < -0.4 is 0 Å². The molecule has 0 aromatic rings. The third-order valence-corrected chi connectivity index (χ3v) is 2.31. The molecule has 0 saturated heterocycles. The maximum atomic E-state index is 9.93. The van der Waals surface area contributed by atoms with E-state index in [2.05, 4.69) is 10.8 Å². The summed E-state index contributed by atoms with van der Waals surface area (Å²) >= 11 is 1.27. The molecule has 1 N–H and O–H groups in total. The quantitative estimate of drug-likeness (QED) is 0.328. The molecule has 0 atom stereocenters. The number of allylic oxidation sites excluding steroid dienone is 1. The van der Waals surface area contributed by atoms with Gasteiger partial charge in [0, 0.05) is 0 Å². The molecule has 0 saturated carbocycles. The molecule has 0 aromatic carbocycles. The molecule has 0 aliphatic heterocycles. The van der Waals surface area contributed by atoms with Gasteiger partial charge in [0.15, 0.2) is 0 Å². The monoisotopic (exact) mass is 232 g/mol. The Morgan fingerprint density at radius 1 is 1.50 bits per heavy atom. The van der Waals surface area contributed by atoms with Crippen LogP contribution in [0.25, 0.3) is 0 Å². The number of rotatable bonds is 6. The van der Waals surface area contributed by atoms with Crippen molar-refractivity contribution in [2.24, 2.45) is 0 Å². The van der Waals surface area contributed by atoms with Crippen LogP contribution in [0.15, 0.2) is 12.7 Å². The molecule has 0 amide bonds. The minimum Gasteiger partial charge on any atom is -0.264 e. The Balaban J connectivity index is 0. The topological polar surface area (TPSA) is 63.6 Å². The fourth-order valence-corrected chi connectivity index (χ4v) is 0.845. The van der Waals surface area contributed by atoms with Crippen LogP contribution in [-0.2, 0) is 14.6 Å². The van der Waals surface area contributed by atoms with Crippen molar-refractivity contribution in [2.45, 2.75) is 29.9 Å². The van der Waals surface area contributed by atoms with Gasteiger partial charge in [0.1, 0.15) is 0 Å². The Kier molecular flexibility index (Phi) is 14.2. The van der Waals surface area contributed by atoms with Gasteiger partial charge in [-0.1, -0.05) is 19.8 Å². The van der Waals surface area contributed by atoms with Gasteiger partial charge in [0.2, 0.25) is 0 Å². The fourth-order valence-electron chi connectivity index (χ4n) is 0.516. The first kappa shape index (κ1) is 17.0. The molecule has 0 aliphatic rings. The first-order chi connectivity index (χ1) is 6.47. The molecule has 0 spiro atoms. The molecule has 0 fully saturated rings. The van der Waals surface area contributed by atoms with Crippen molar-refractivity contribution < 1.29 is 17.2 Å². The first-order valence-electron chi connectivity index (χ1n) is 4.70. The predicted octanol–water partition coefficient (Wildman–Crippen LogP) is 1.76. The third kappa shape index (κ3) is 22.9. The Hall–Kier alpha value is 0.610. The molecule has 0 heterocycles. The van der Waals surface area contributed by atoms with Crippen LogP contribution >= 0.6 is 0 Å². The predicted molar refractivity (Wildman–Crippen MR) is 57.8 cm³/mol. The smallest absolute Gasteiger partial charge is 0.264 e. The SMILES string of the molecule is C=C[CH2][Na].CCCCCOS(=O)(=O)O. The zero-order valence-electron chi connectivity index (χ0n) is 8.90.